The third-order valence-corrected chi connectivity index (χ3v) is 1.69. The van der Waals surface area contributed by atoms with Crippen molar-refractivity contribution in [3.8, 4) is 0 Å². The first-order valence-corrected chi connectivity index (χ1v) is 3.79. The van der Waals surface area contributed by atoms with E-state index in [1.807, 2.05) is 10.2 Å². The van der Waals surface area contributed by atoms with Crippen molar-refractivity contribution < 1.29 is 0 Å². The van der Waals surface area contributed by atoms with Gasteiger partial charge in [0, 0.05) is 0 Å². The fraction of sp³-hybridized carbons (Fsp3) is 0.250. The van der Waals surface area contributed by atoms with Crippen LogP contribution in [0.25, 0.3) is 0 Å². The average Bonchev–Trinajstić information content (AvgIpc) is 1.59. The van der Waals surface area contributed by atoms with Crippen LogP contribution in [0.4, 0.5) is 0 Å². The fourth-order valence-electron chi connectivity index (χ4n) is 1.07. The van der Waals surface area contributed by atoms with Gasteiger partial charge in [-0.1, -0.05) is 29.3 Å². The van der Waals surface area contributed by atoms with Gasteiger partial charge in [-0.3, -0.25) is 0 Å². The van der Waals surface area contributed by atoms with Gasteiger partial charge in [0.25, 0.3) is 0 Å². The van der Waals surface area contributed by atoms with Crippen LogP contribution in [0.5, 0.6) is 0 Å². The van der Waals surface area contributed by atoms with Crippen LogP contribution in [0, 0.1) is 13.8 Å². The lowest BCUT2D eigenvalue weighted by Crippen LogP contribution is -2.02. The second-order valence-electron chi connectivity index (χ2n) is 2.50. The monoisotopic (exact) mass is 135 g/mol. The molecule has 1 rings (SSSR count). The minimum atomic E-state index is 1.36. The number of rotatable bonds is 0. The zero-order valence-electron chi connectivity index (χ0n) is 5.94. The highest BCUT2D eigenvalue weighted by molar-refractivity contribution is 6.32. The zero-order chi connectivity index (χ0) is 6.85. The fourth-order valence-corrected chi connectivity index (χ4v) is 1.71. The Morgan fingerprint density at radius 3 is 1.78 bits per heavy atom. The third-order valence-electron chi connectivity index (χ3n) is 1.28. The van der Waals surface area contributed by atoms with Crippen molar-refractivity contribution in [3.63, 3.8) is 0 Å². The molecule has 0 unspecified atom stereocenters. The summed E-state index contributed by atoms with van der Waals surface area (Å²) >= 11 is 0. The molecule has 48 valence electrons. The molecule has 1 aromatic rings. The van der Waals surface area contributed by atoms with Crippen LogP contribution in [-0.4, -0.2) is 10.2 Å². The Labute approximate surface area is 59.3 Å². The van der Waals surface area contributed by atoms with E-state index >= 15 is 0 Å². The first-order valence-electron chi connectivity index (χ1n) is 3.09. The summed E-state index contributed by atoms with van der Waals surface area (Å²) in [5.41, 5.74) is 2.72. The summed E-state index contributed by atoms with van der Waals surface area (Å²) in [7, 11) is 1.93. The van der Waals surface area contributed by atoms with Gasteiger partial charge in [0.15, 0.2) is 0 Å². The van der Waals surface area contributed by atoms with E-state index in [9.17, 15) is 0 Å². The van der Waals surface area contributed by atoms with Crippen LogP contribution >= 0.6 is 0 Å². The van der Waals surface area contributed by atoms with E-state index in [1.165, 1.54) is 16.3 Å². The number of hydrogen-bond acceptors (Lipinski definition) is 0. The van der Waals surface area contributed by atoms with Crippen LogP contribution in [0.15, 0.2) is 18.2 Å². The maximum atomic E-state index is 2.20. The molecule has 0 saturated carbocycles. The summed E-state index contributed by atoms with van der Waals surface area (Å²) < 4.78 is 0. The average molecular weight is 135 g/mol. The highest BCUT2D eigenvalue weighted by atomic mass is 28.1. The number of benzene rings is 1. The van der Waals surface area contributed by atoms with Crippen molar-refractivity contribution in [3.05, 3.63) is 29.3 Å². The lowest BCUT2D eigenvalue weighted by atomic mass is 10.2. The summed E-state index contributed by atoms with van der Waals surface area (Å²) in [6, 6.07) is 6.59. The highest BCUT2D eigenvalue weighted by Gasteiger charge is 1.83. The van der Waals surface area contributed by atoms with Crippen molar-refractivity contribution in [2.45, 2.75) is 13.8 Å². The molecule has 0 aromatic heterocycles. The van der Waals surface area contributed by atoms with Crippen LogP contribution in [-0.2, 0) is 0 Å². The number of hydrogen-bond donors (Lipinski definition) is 0. The van der Waals surface area contributed by atoms with E-state index in [2.05, 4.69) is 32.0 Å². The first kappa shape index (κ1) is 6.56. The normalized spacial score (nSPS) is 9.56. The molecule has 0 bridgehead atoms. The minimum absolute atomic E-state index is 1.36. The predicted octanol–water partition coefficient (Wildman–Crippen LogP) is 0.562. The summed E-state index contributed by atoms with van der Waals surface area (Å²) in [5.74, 6) is 0. The minimum Gasteiger partial charge on any atom is -0.320 e. The first-order chi connectivity index (χ1) is 4.18. The lowest BCUT2D eigenvalue weighted by molar-refractivity contribution is 1.40. The molecule has 9 heavy (non-hydrogen) atoms. The highest BCUT2D eigenvalue weighted by Crippen LogP contribution is 1.97. The molecule has 1 heteroatoms. The van der Waals surface area contributed by atoms with Gasteiger partial charge in [-0.15, -0.1) is 0 Å². The van der Waals surface area contributed by atoms with Crippen LogP contribution in [0.3, 0.4) is 0 Å². The van der Waals surface area contributed by atoms with Crippen LogP contribution < -0.4 is 5.19 Å². The molecule has 0 spiro atoms. The van der Waals surface area contributed by atoms with Gasteiger partial charge in [0.1, 0.15) is 0 Å². The molecule has 0 aliphatic rings. The molecule has 0 heterocycles. The predicted molar refractivity (Wildman–Crippen MR) is 44.1 cm³/mol. The Hall–Kier alpha value is -0.563. The molecule has 0 radical (unpaired) electrons. The van der Waals surface area contributed by atoms with Gasteiger partial charge < -0.3 is 10.2 Å². The summed E-state index contributed by atoms with van der Waals surface area (Å²) in [6.07, 6.45) is 0. The SMILES string of the molecule is Cc1cc(C)cc([SiH2-])c1. The van der Waals surface area contributed by atoms with Gasteiger partial charge in [-0.2, -0.15) is 0 Å². The Morgan fingerprint density at radius 2 is 1.44 bits per heavy atom. The van der Waals surface area contributed by atoms with Crippen molar-refractivity contribution in [1.29, 1.82) is 0 Å². The summed E-state index contributed by atoms with van der Waals surface area (Å²) in [5, 5.41) is 1.38. The molecule has 0 fully saturated rings. The Balaban J connectivity index is 3.17. The maximum Gasteiger partial charge on any atom is -0.0399 e. The molecule has 0 N–H and O–H groups in total. The van der Waals surface area contributed by atoms with E-state index < -0.39 is 0 Å². The molecule has 0 saturated heterocycles. The van der Waals surface area contributed by atoms with E-state index in [1.54, 1.807) is 0 Å². The van der Waals surface area contributed by atoms with Gasteiger partial charge in [-0.05, 0) is 13.8 Å². The van der Waals surface area contributed by atoms with E-state index in [0.717, 1.165) is 0 Å². The Kier molecular flexibility index (Phi) is 1.72. The third kappa shape index (κ3) is 1.68. The van der Waals surface area contributed by atoms with E-state index in [-0.39, 0.29) is 0 Å². The van der Waals surface area contributed by atoms with Crippen molar-refractivity contribution in [1.82, 2.24) is 0 Å². The standard InChI is InChI=1S/C8H11Si/c1-6-3-7(2)5-8(9)4-6/h3-5H,9H2,1-2H3/q-1. The molecule has 1 aromatic carbocycles. The maximum absolute atomic E-state index is 2.20. The molecule has 0 nitrogen and oxygen atoms in total. The zero-order valence-corrected chi connectivity index (χ0v) is 7.35. The molecule has 0 amide bonds. The second kappa shape index (κ2) is 2.36. The van der Waals surface area contributed by atoms with Crippen molar-refractivity contribution in [2.24, 2.45) is 0 Å². The van der Waals surface area contributed by atoms with E-state index in [0.29, 0.717) is 0 Å². The summed E-state index contributed by atoms with van der Waals surface area (Å²) in [6.45, 7) is 4.26. The smallest absolute Gasteiger partial charge is 0.0399 e. The van der Waals surface area contributed by atoms with Gasteiger partial charge in [0.05, 0.1) is 0 Å². The largest absolute Gasteiger partial charge is 0.320 e. The van der Waals surface area contributed by atoms with Gasteiger partial charge in [0.2, 0.25) is 0 Å². The lowest BCUT2D eigenvalue weighted by Gasteiger charge is -2.02. The molecule has 0 atom stereocenters. The van der Waals surface area contributed by atoms with E-state index in [4.69, 9.17) is 0 Å². The number of aryl methyl sites for hydroxylation is 2. The molecular weight excluding hydrogens is 124 g/mol. The second-order valence-corrected chi connectivity index (χ2v) is 3.31. The Bertz CT molecular complexity index is 165. The molecule has 0 aliphatic heterocycles. The molecular formula is C8H11Si-. The Morgan fingerprint density at radius 1 is 1.00 bits per heavy atom. The summed E-state index contributed by atoms with van der Waals surface area (Å²) in [4.78, 5) is 0. The van der Waals surface area contributed by atoms with Crippen LogP contribution in [0.2, 0.25) is 0 Å². The molecule has 0 aliphatic carbocycles. The van der Waals surface area contributed by atoms with Crippen molar-refractivity contribution >= 4 is 15.4 Å². The van der Waals surface area contributed by atoms with Crippen LogP contribution in [0.1, 0.15) is 11.1 Å². The van der Waals surface area contributed by atoms with Gasteiger partial charge >= 0.3 is 0 Å². The van der Waals surface area contributed by atoms with Crippen molar-refractivity contribution in [2.75, 3.05) is 0 Å². The topological polar surface area (TPSA) is 0 Å². The van der Waals surface area contributed by atoms with Gasteiger partial charge in [-0.25, -0.2) is 5.19 Å². The quantitative estimate of drug-likeness (QED) is 0.456.